The fraction of sp³-hybridized carbons (Fsp3) is 0.524. The van der Waals surface area contributed by atoms with E-state index >= 15 is 0 Å². The first-order valence-corrected chi connectivity index (χ1v) is 10.8. The van der Waals surface area contributed by atoms with Crippen LogP contribution in [0.3, 0.4) is 0 Å². The summed E-state index contributed by atoms with van der Waals surface area (Å²) < 4.78 is 13.3. The molecular formula is C21H27N3O3S. The summed E-state index contributed by atoms with van der Waals surface area (Å²) in [7, 11) is 0. The van der Waals surface area contributed by atoms with E-state index in [4.69, 9.17) is 9.47 Å². The standard InChI is InChI=1S/C21H27N3O3S/c1-15-10-16(2)12-18(11-15)24-7-5-22-21(24)28-14-19(25)23-6-3-4-17(13-23)20-26-8-9-27-20/h5,7,10-12,17,20H,3-4,6,8-9,13-14H2,1-2H3. The lowest BCUT2D eigenvalue weighted by atomic mass is 9.97. The lowest BCUT2D eigenvalue weighted by Gasteiger charge is -2.34. The maximum Gasteiger partial charge on any atom is 0.233 e. The molecule has 1 atom stereocenters. The maximum atomic E-state index is 12.8. The molecule has 2 aliphatic heterocycles. The summed E-state index contributed by atoms with van der Waals surface area (Å²) in [4.78, 5) is 19.2. The number of thioether (sulfide) groups is 1. The van der Waals surface area contributed by atoms with Gasteiger partial charge in [0.05, 0.1) is 19.0 Å². The zero-order chi connectivity index (χ0) is 19.5. The highest BCUT2D eigenvalue weighted by Gasteiger charge is 2.32. The van der Waals surface area contributed by atoms with Gasteiger partial charge in [0.15, 0.2) is 11.4 Å². The Hall–Kier alpha value is -1.83. The number of carbonyl (C=O) groups excluding carboxylic acids is 1. The molecule has 0 bridgehead atoms. The number of aromatic nitrogens is 2. The zero-order valence-corrected chi connectivity index (χ0v) is 17.3. The highest BCUT2D eigenvalue weighted by Crippen LogP contribution is 2.27. The Morgan fingerprint density at radius 2 is 1.96 bits per heavy atom. The van der Waals surface area contributed by atoms with E-state index in [2.05, 4.69) is 41.6 Å². The summed E-state index contributed by atoms with van der Waals surface area (Å²) in [5.41, 5.74) is 3.51. The first kappa shape index (κ1) is 19.5. The average Bonchev–Trinajstić information content (AvgIpc) is 3.37. The third kappa shape index (κ3) is 4.42. The minimum atomic E-state index is -0.147. The Balaban J connectivity index is 1.38. The first-order chi connectivity index (χ1) is 13.6. The molecule has 0 radical (unpaired) electrons. The third-order valence-corrected chi connectivity index (χ3v) is 6.21. The average molecular weight is 402 g/mol. The predicted molar refractivity (Wildman–Crippen MR) is 109 cm³/mol. The Morgan fingerprint density at radius 3 is 2.71 bits per heavy atom. The molecule has 2 aromatic rings. The summed E-state index contributed by atoms with van der Waals surface area (Å²) in [6, 6.07) is 6.43. The molecule has 2 aliphatic rings. The van der Waals surface area contributed by atoms with E-state index in [0.29, 0.717) is 19.0 Å². The van der Waals surface area contributed by atoms with Crippen molar-refractivity contribution in [2.45, 2.75) is 38.1 Å². The second kappa shape index (κ2) is 8.68. The smallest absolute Gasteiger partial charge is 0.233 e. The first-order valence-electron chi connectivity index (χ1n) is 9.86. The topological polar surface area (TPSA) is 56.6 Å². The van der Waals surface area contributed by atoms with Crippen LogP contribution in [0.25, 0.3) is 5.69 Å². The largest absolute Gasteiger partial charge is 0.350 e. The van der Waals surface area contributed by atoms with Crippen LogP contribution < -0.4 is 0 Å². The summed E-state index contributed by atoms with van der Waals surface area (Å²) in [6.45, 7) is 7.03. The molecule has 7 heteroatoms. The molecule has 1 unspecified atom stereocenters. The van der Waals surface area contributed by atoms with E-state index in [1.165, 1.54) is 22.9 Å². The van der Waals surface area contributed by atoms with Gasteiger partial charge >= 0.3 is 0 Å². The van der Waals surface area contributed by atoms with Crippen LogP contribution in [0, 0.1) is 19.8 Å². The van der Waals surface area contributed by atoms with Gasteiger partial charge in [0, 0.05) is 37.1 Å². The summed E-state index contributed by atoms with van der Waals surface area (Å²) in [6.07, 6.45) is 5.65. The minimum Gasteiger partial charge on any atom is -0.350 e. The monoisotopic (exact) mass is 401 g/mol. The number of carbonyl (C=O) groups is 1. The number of ether oxygens (including phenoxy) is 2. The van der Waals surface area contributed by atoms with Crippen molar-refractivity contribution in [1.29, 1.82) is 0 Å². The van der Waals surface area contributed by atoms with Crippen molar-refractivity contribution in [2.24, 2.45) is 5.92 Å². The number of hydrogen-bond donors (Lipinski definition) is 0. The van der Waals surface area contributed by atoms with E-state index in [1.54, 1.807) is 6.20 Å². The lowest BCUT2D eigenvalue weighted by molar-refractivity contribution is -0.136. The number of benzene rings is 1. The van der Waals surface area contributed by atoms with Crippen molar-refractivity contribution < 1.29 is 14.3 Å². The molecule has 1 amide bonds. The van der Waals surface area contributed by atoms with Crippen LogP contribution in [-0.4, -0.2) is 58.7 Å². The third-order valence-electron chi connectivity index (χ3n) is 5.26. The van der Waals surface area contributed by atoms with E-state index in [9.17, 15) is 4.79 Å². The van der Waals surface area contributed by atoms with Crippen LogP contribution in [0.5, 0.6) is 0 Å². The molecule has 6 nitrogen and oxygen atoms in total. The van der Waals surface area contributed by atoms with E-state index < -0.39 is 0 Å². The summed E-state index contributed by atoms with van der Waals surface area (Å²) in [5.74, 6) is 0.825. The number of piperidine rings is 1. The molecule has 3 heterocycles. The molecule has 1 aromatic heterocycles. The Bertz CT molecular complexity index is 812. The van der Waals surface area contributed by atoms with Crippen LogP contribution in [-0.2, 0) is 14.3 Å². The predicted octanol–water partition coefficient (Wildman–Crippen LogP) is 3.19. The molecule has 2 saturated heterocycles. The van der Waals surface area contributed by atoms with Crippen molar-refractivity contribution in [3.63, 3.8) is 0 Å². The van der Waals surface area contributed by atoms with E-state index in [1.807, 2.05) is 11.1 Å². The molecule has 0 aliphatic carbocycles. The van der Waals surface area contributed by atoms with Gasteiger partial charge in [0.2, 0.25) is 5.91 Å². The number of aryl methyl sites for hydroxylation is 2. The van der Waals surface area contributed by atoms with Gasteiger partial charge in [0.1, 0.15) is 0 Å². The number of imidazole rings is 1. The summed E-state index contributed by atoms with van der Waals surface area (Å²) >= 11 is 1.49. The second-order valence-electron chi connectivity index (χ2n) is 7.57. The van der Waals surface area contributed by atoms with Gasteiger partial charge in [-0.3, -0.25) is 9.36 Å². The molecule has 4 rings (SSSR count). The van der Waals surface area contributed by atoms with Gasteiger partial charge in [-0.15, -0.1) is 0 Å². The fourth-order valence-corrected chi connectivity index (χ4v) is 4.88. The van der Waals surface area contributed by atoms with Crippen molar-refractivity contribution in [2.75, 3.05) is 32.1 Å². The minimum absolute atomic E-state index is 0.147. The van der Waals surface area contributed by atoms with Crippen LogP contribution in [0.1, 0.15) is 24.0 Å². The molecule has 0 N–H and O–H groups in total. The number of nitrogens with zero attached hydrogens (tertiary/aromatic N) is 3. The van der Waals surface area contributed by atoms with Crippen LogP contribution in [0.15, 0.2) is 35.7 Å². The van der Waals surface area contributed by atoms with Crippen LogP contribution in [0.4, 0.5) is 0 Å². The SMILES string of the molecule is Cc1cc(C)cc(-n2ccnc2SCC(=O)N2CCCC(C3OCCO3)C2)c1. The summed E-state index contributed by atoms with van der Waals surface area (Å²) in [5, 5.41) is 0.842. The van der Waals surface area contributed by atoms with Gasteiger partial charge in [0.25, 0.3) is 0 Å². The molecule has 0 spiro atoms. The Labute approximate surface area is 170 Å². The number of rotatable bonds is 5. The quantitative estimate of drug-likeness (QED) is 0.720. The number of hydrogen-bond acceptors (Lipinski definition) is 5. The van der Waals surface area contributed by atoms with Crippen molar-refractivity contribution >= 4 is 17.7 Å². The highest BCUT2D eigenvalue weighted by molar-refractivity contribution is 7.99. The Kier molecular flexibility index (Phi) is 6.04. The molecule has 150 valence electrons. The molecule has 0 saturated carbocycles. The zero-order valence-electron chi connectivity index (χ0n) is 16.5. The fourth-order valence-electron chi connectivity index (χ4n) is 4.01. The van der Waals surface area contributed by atoms with Gasteiger partial charge in [-0.2, -0.15) is 0 Å². The van der Waals surface area contributed by atoms with E-state index in [0.717, 1.165) is 36.8 Å². The van der Waals surface area contributed by atoms with Crippen molar-refractivity contribution in [1.82, 2.24) is 14.5 Å². The van der Waals surface area contributed by atoms with Crippen molar-refractivity contribution in [3.8, 4) is 5.69 Å². The highest BCUT2D eigenvalue weighted by atomic mass is 32.2. The molecule has 28 heavy (non-hydrogen) atoms. The van der Waals surface area contributed by atoms with Gasteiger partial charge < -0.3 is 14.4 Å². The van der Waals surface area contributed by atoms with Crippen molar-refractivity contribution in [3.05, 3.63) is 41.7 Å². The lowest BCUT2D eigenvalue weighted by Crippen LogP contribution is -2.44. The van der Waals surface area contributed by atoms with Gasteiger partial charge in [-0.05, 0) is 49.9 Å². The van der Waals surface area contributed by atoms with Gasteiger partial charge in [-0.25, -0.2) is 4.98 Å². The molecule has 1 aromatic carbocycles. The normalized spacial score (nSPS) is 20.6. The van der Waals surface area contributed by atoms with Gasteiger partial charge in [-0.1, -0.05) is 17.8 Å². The molecule has 2 fully saturated rings. The molecular weight excluding hydrogens is 374 g/mol. The van der Waals surface area contributed by atoms with Crippen LogP contribution in [0.2, 0.25) is 0 Å². The second-order valence-corrected chi connectivity index (χ2v) is 8.51. The van der Waals surface area contributed by atoms with Crippen LogP contribution >= 0.6 is 11.8 Å². The van der Waals surface area contributed by atoms with E-state index in [-0.39, 0.29) is 18.1 Å². The Morgan fingerprint density at radius 1 is 1.21 bits per heavy atom. The number of amides is 1. The number of likely N-dealkylation sites (tertiary alicyclic amines) is 1. The maximum absolute atomic E-state index is 12.8.